The van der Waals surface area contributed by atoms with Crippen molar-refractivity contribution in [3.63, 3.8) is 0 Å². The Morgan fingerprint density at radius 3 is 3.15 bits per heavy atom. The van der Waals surface area contributed by atoms with Crippen molar-refractivity contribution in [1.29, 1.82) is 0 Å². The van der Waals surface area contributed by atoms with Crippen LogP contribution in [0.25, 0.3) is 0 Å². The molecule has 0 saturated heterocycles. The molecule has 0 spiro atoms. The Bertz CT molecular complexity index is 293. The van der Waals surface area contributed by atoms with E-state index in [0.717, 1.165) is 17.9 Å². The number of hydrogen-bond acceptors (Lipinski definition) is 4. The number of aromatic amines is 1. The molecule has 0 aliphatic heterocycles. The van der Waals surface area contributed by atoms with E-state index in [1.807, 2.05) is 6.07 Å². The van der Waals surface area contributed by atoms with Crippen LogP contribution in [-0.4, -0.2) is 15.2 Å². The summed E-state index contributed by atoms with van der Waals surface area (Å²) in [4.78, 5) is 3.98. The van der Waals surface area contributed by atoms with E-state index >= 15 is 0 Å². The van der Waals surface area contributed by atoms with Gasteiger partial charge in [0.05, 0.1) is 19.1 Å². The Labute approximate surface area is 75.2 Å². The van der Waals surface area contributed by atoms with Gasteiger partial charge in [0.1, 0.15) is 12.2 Å². The average Bonchev–Trinajstić information content (AvgIpc) is 2.75. The summed E-state index contributed by atoms with van der Waals surface area (Å²) in [6.45, 7) is 1.46. The Hall–Kier alpha value is -1.62. The first-order chi connectivity index (χ1) is 6.45. The van der Waals surface area contributed by atoms with E-state index < -0.39 is 0 Å². The van der Waals surface area contributed by atoms with Crippen LogP contribution in [0.4, 0.5) is 0 Å². The lowest BCUT2D eigenvalue weighted by Gasteiger charge is -1.98. The molecule has 2 N–H and O–H groups in total. The van der Waals surface area contributed by atoms with Crippen LogP contribution in [-0.2, 0) is 13.1 Å². The van der Waals surface area contributed by atoms with Gasteiger partial charge in [0, 0.05) is 12.1 Å². The molecule has 0 aromatic carbocycles. The van der Waals surface area contributed by atoms with Crippen LogP contribution in [0.2, 0.25) is 0 Å². The highest BCUT2D eigenvalue weighted by Crippen LogP contribution is 1.98. The predicted molar refractivity (Wildman–Crippen MR) is 45.6 cm³/mol. The smallest absolute Gasteiger partial charge is 0.138 e. The second kappa shape index (κ2) is 3.86. The largest absolute Gasteiger partial charge is 0.472 e. The summed E-state index contributed by atoms with van der Waals surface area (Å²) < 4.78 is 4.93. The van der Waals surface area contributed by atoms with E-state index in [1.165, 1.54) is 6.33 Å². The average molecular weight is 178 g/mol. The zero-order valence-electron chi connectivity index (χ0n) is 7.03. The number of hydrogen-bond donors (Lipinski definition) is 2. The van der Waals surface area contributed by atoms with Gasteiger partial charge in [0.2, 0.25) is 0 Å². The quantitative estimate of drug-likeness (QED) is 0.722. The summed E-state index contributed by atoms with van der Waals surface area (Å²) >= 11 is 0. The number of nitrogens with one attached hydrogen (secondary N) is 2. The van der Waals surface area contributed by atoms with Gasteiger partial charge in [0.25, 0.3) is 0 Å². The standard InChI is InChI=1S/C8H10N4O/c1-2-13-5-7(1)3-9-4-8-10-6-11-12-8/h1-2,5-6,9H,3-4H2,(H,10,11,12). The van der Waals surface area contributed by atoms with Crippen LogP contribution < -0.4 is 5.32 Å². The minimum Gasteiger partial charge on any atom is -0.472 e. The lowest BCUT2D eigenvalue weighted by molar-refractivity contribution is 0.559. The van der Waals surface area contributed by atoms with Gasteiger partial charge < -0.3 is 9.73 Å². The summed E-state index contributed by atoms with van der Waals surface area (Å²) in [6.07, 6.45) is 4.87. The normalized spacial score (nSPS) is 10.5. The highest BCUT2D eigenvalue weighted by Gasteiger charge is 1.96. The topological polar surface area (TPSA) is 66.7 Å². The zero-order chi connectivity index (χ0) is 8.93. The molecule has 0 aliphatic carbocycles. The van der Waals surface area contributed by atoms with Gasteiger partial charge in [-0.05, 0) is 6.07 Å². The zero-order valence-corrected chi connectivity index (χ0v) is 7.03. The third kappa shape index (κ3) is 2.16. The van der Waals surface area contributed by atoms with Gasteiger partial charge in [-0.3, -0.25) is 5.10 Å². The van der Waals surface area contributed by atoms with Gasteiger partial charge in [-0.25, -0.2) is 4.98 Å². The molecule has 0 radical (unpaired) electrons. The second-order valence-corrected chi connectivity index (χ2v) is 2.67. The Morgan fingerprint density at radius 2 is 2.46 bits per heavy atom. The number of nitrogens with zero attached hydrogens (tertiary/aromatic N) is 2. The monoisotopic (exact) mass is 178 g/mol. The van der Waals surface area contributed by atoms with Gasteiger partial charge in [-0.15, -0.1) is 0 Å². The van der Waals surface area contributed by atoms with E-state index in [-0.39, 0.29) is 0 Å². The fourth-order valence-corrected chi connectivity index (χ4v) is 1.03. The van der Waals surface area contributed by atoms with Gasteiger partial charge in [-0.1, -0.05) is 0 Å². The molecule has 5 nitrogen and oxygen atoms in total. The van der Waals surface area contributed by atoms with Crippen molar-refractivity contribution >= 4 is 0 Å². The molecule has 13 heavy (non-hydrogen) atoms. The third-order valence-corrected chi connectivity index (χ3v) is 1.67. The molecular formula is C8H10N4O. The van der Waals surface area contributed by atoms with Crippen LogP contribution in [0.3, 0.4) is 0 Å². The lowest BCUT2D eigenvalue weighted by Crippen LogP contribution is -2.13. The fraction of sp³-hybridized carbons (Fsp3) is 0.250. The Kier molecular flexibility index (Phi) is 2.38. The number of H-pyrrole nitrogens is 1. The minimum absolute atomic E-state index is 0.686. The molecule has 0 fully saturated rings. The Balaban J connectivity index is 1.76. The number of aromatic nitrogens is 3. The van der Waals surface area contributed by atoms with E-state index in [1.54, 1.807) is 12.5 Å². The first kappa shape index (κ1) is 8.00. The maximum atomic E-state index is 4.93. The molecule has 0 unspecified atom stereocenters. The van der Waals surface area contributed by atoms with Gasteiger partial charge in [-0.2, -0.15) is 5.10 Å². The highest BCUT2D eigenvalue weighted by atomic mass is 16.3. The molecular weight excluding hydrogens is 168 g/mol. The fourth-order valence-electron chi connectivity index (χ4n) is 1.03. The first-order valence-corrected chi connectivity index (χ1v) is 4.01. The Morgan fingerprint density at radius 1 is 1.46 bits per heavy atom. The molecule has 0 amide bonds. The summed E-state index contributed by atoms with van der Waals surface area (Å²) in [6, 6.07) is 1.92. The molecule has 0 atom stereocenters. The molecule has 2 aromatic rings. The van der Waals surface area contributed by atoms with Crippen molar-refractivity contribution in [2.75, 3.05) is 0 Å². The van der Waals surface area contributed by atoms with Crippen molar-refractivity contribution in [3.8, 4) is 0 Å². The van der Waals surface area contributed by atoms with E-state index in [9.17, 15) is 0 Å². The highest BCUT2D eigenvalue weighted by molar-refractivity contribution is 5.04. The van der Waals surface area contributed by atoms with Crippen molar-refractivity contribution in [2.45, 2.75) is 13.1 Å². The first-order valence-electron chi connectivity index (χ1n) is 4.01. The third-order valence-electron chi connectivity index (χ3n) is 1.67. The molecule has 0 aliphatic rings. The van der Waals surface area contributed by atoms with Crippen LogP contribution in [0, 0.1) is 0 Å². The van der Waals surface area contributed by atoms with Crippen molar-refractivity contribution in [1.82, 2.24) is 20.5 Å². The maximum absolute atomic E-state index is 4.93. The van der Waals surface area contributed by atoms with Crippen molar-refractivity contribution < 1.29 is 4.42 Å². The van der Waals surface area contributed by atoms with E-state index in [0.29, 0.717) is 6.54 Å². The molecule has 0 saturated carbocycles. The molecule has 0 bridgehead atoms. The van der Waals surface area contributed by atoms with E-state index in [2.05, 4.69) is 20.5 Å². The number of furan rings is 1. The number of rotatable bonds is 4. The maximum Gasteiger partial charge on any atom is 0.138 e. The van der Waals surface area contributed by atoms with Crippen LogP contribution in [0.5, 0.6) is 0 Å². The van der Waals surface area contributed by atoms with Crippen LogP contribution >= 0.6 is 0 Å². The molecule has 2 rings (SSSR count). The predicted octanol–water partition coefficient (Wildman–Crippen LogP) is 0.688. The summed E-state index contributed by atoms with van der Waals surface area (Å²) in [5.41, 5.74) is 1.12. The lowest BCUT2D eigenvalue weighted by atomic mass is 10.3. The van der Waals surface area contributed by atoms with E-state index in [4.69, 9.17) is 4.42 Å². The minimum atomic E-state index is 0.686. The van der Waals surface area contributed by atoms with Crippen molar-refractivity contribution in [3.05, 3.63) is 36.3 Å². The summed E-state index contributed by atoms with van der Waals surface area (Å²) in [5, 5.41) is 9.71. The van der Waals surface area contributed by atoms with Crippen LogP contribution in [0.15, 0.2) is 29.3 Å². The summed E-state index contributed by atoms with van der Waals surface area (Å²) in [7, 11) is 0. The second-order valence-electron chi connectivity index (χ2n) is 2.67. The van der Waals surface area contributed by atoms with Gasteiger partial charge in [0.15, 0.2) is 0 Å². The van der Waals surface area contributed by atoms with Gasteiger partial charge >= 0.3 is 0 Å². The van der Waals surface area contributed by atoms with Crippen molar-refractivity contribution in [2.24, 2.45) is 0 Å². The molecule has 2 heterocycles. The summed E-state index contributed by atoms with van der Waals surface area (Å²) in [5.74, 6) is 0.837. The SMILES string of the molecule is c1n[nH]c(CNCc2ccoc2)n1. The molecule has 68 valence electrons. The van der Waals surface area contributed by atoms with Crippen LogP contribution in [0.1, 0.15) is 11.4 Å². The molecule has 2 aromatic heterocycles. The molecule has 5 heteroatoms.